The Bertz CT molecular complexity index is 358. The Morgan fingerprint density at radius 1 is 1.35 bits per heavy atom. The van der Waals surface area contributed by atoms with E-state index in [2.05, 4.69) is 31.0 Å². The lowest BCUT2D eigenvalue weighted by Gasteiger charge is -2.24. The minimum Gasteiger partial charge on any atom is -0.399 e. The fourth-order valence-electron chi connectivity index (χ4n) is 2.42. The van der Waals surface area contributed by atoms with Gasteiger partial charge in [-0.05, 0) is 63.7 Å². The van der Waals surface area contributed by atoms with Crippen LogP contribution < -0.4 is 5.73 Å². The number of benzene rings is 1. The molecule has 1 unspecified atom stereocenters. The summed E-state index contributed by atoms with van der Waals surface area (Å²) in [6.45, 7) is 3.53. The van der Waals surface area contributed by atoms with Crippen LogP contribution in [0.3, 0.4) is 0 Å². The van der Waals surface area contributed by atoms with Crippen LogP contribution in [0.15, 0.2) is 24.3 Å². The van der Waals surface area contributed by atoms with Gasteiger partial charge in [0.25, 0.3) is 0 Å². The number of rotatable bonds is 6. The van der Waals surface area contributed by atoms with E-state index in [0.717, 1.165) is 24.1 Å². The van der Waals surface area contributed by atoms with Gasteiger partial charge in [0.2, 0.25) is 0 Å². The molecule has 0 amide bonds. The topological polar surface area (TPSA) is 29.3 Å². The van der Waals surface area contributed by atoms with Crippen LogP contribution in [-0.2, 0) is 6.42 Å². The van der Waals surface area contributed by atoms with Gasteiger partial charge in [0, 0.05) is 11.7 Å². The molecule has 2 heteroatoms. The molecule has 0 radical (unpaired) electrons. The summed E-state index contributed by atoms with van der Waals surface area (Å²) in [6.07, 6.45) is 5.14. The van der Waals surface area contributed by atoms with E-state index in [-0.39, 0.29) is 0 Å². The van der Waals surface area contributed by atoms with Gasteiger partial charge in [-0.15, -0.1) is 0 Å². The lowest BCUT2D eigenvalue weighted by Crippen LogP contribution is -2.31. The summed E-state index contributed by atoms with van der Waals surface area (Å²) in [4.78, 5) is 2.50. The first-order valence-corrected chi connectivity index (χ1v) is 6.72. The Balaban J connectivity index is 1.73. The van der Waals surface area contributed by atoms with E-state index in [4.69, 9.17) is 5.73 Å². The molecule has 2 rings (SSSR count). The molecule has 1 atom stereocenters. The van der Waals surface area contributed by atoms with E-state index in [0.29, 0.717) is 0 Å². The van der Waals surface area contributed by atoms with Gasteiger partial charge in [-0.3, -0.25) is 0 Å². The molecule has 0 heterocycles. The number of para-hydroxylation sites is 1. The zero-order valence-electron chi connectivity index (χ0n) is 11.0. The van der Waals surface area contributed by atoms with Crippen molar-refractivity contribution >= 4 is 5.69 Å². The van der Waals surface area contributed by atoms with E-state index in [1.165, 1.54) is 31.4 Å². The first kappa shape index (κ1) is 12.4. The molecule has 0 bridgehead atoms. The molecule has 1 saturated carbocycles. The number of nitrogens with zero attached hydrogens (tertiary/aromatic N) is 1. The first-order chi connectivity index (χ1) is 8.18. The Morgan fingerprint density at radius 3 is 2.71 bits per heavy atom. The monoisotopic (exact) mass is 232 g/mol. The molecule has 0 saturated heterocycles. The Morgan fingerprint density at radius 2 is 2.06 bits per heavy atom. The third-order valence-electron chi connectivity index (χ3n) is 4.01. The highest BCUT2D eigenvalue weighted by Gasteiger charge is 2.29. The van der Waals surface area contributed by atoms with Crippen molar-refractivity contribution in [3.05, 3.63) is 29.8 Å². The van der Waals surface area contributed by atoms with Gasteiger partial charge >= 0.3 is 0 Å². The second-order valence-corrected chi connectivity index (χ2v) is 5.36. The molecule has 2 N–H and O–H groups in total. The number of hydrogen-bond acceptors (Lipinski definition) is 2. The highest BCUT2D eigenvalue weighted by Crippen LogP contribution is 2.34. The highest BCUT2D eigenvalue weighted by atomic mass is 15.1. The van der Waals surface area contributed by atoms with E-state index in [9.17, 15) is 0 Å². The van der Waals surface area contributed by atoms with Gasteiger partial charge in [0.1, 0.15) is 0 Å². The van der Waals surface area contributed by atoms with Gasteiger partial charge < -0.3 is 10.6 Å². The van der Waals surface area contributed by atoms with Crippen LogP contribution in [0.2, 0.25) is 0 Å². The van der Waals surface area contributed by atoms with Crippen molar-refractivity contribution in [3.63, 3.8) is 0 Å². The number of anilines is 1. The number of aryl methyl sites for hydroxylation is 1. The standard InChI is InChI=1S/C15H24N2/c1-12(13-9-10-13)17(2)11-5-7-14-6-3-4-8-15(14)16/h3-4,6,8,12-13H,5,7,9-11,16H2,1-2H3. The van der Waals surface area contributed by atoms with Crippen molar-refractivity contribution in [1.82, 2.24) is 4.90 Å². The van der Waals surface area contributed by atoms with Gasteiger partial charge in [0.15, 0.2) is 0 Å². The van der Waals surface area contributed by atoms with Crippen LogP contribution in [-0.4, -0.2) is 24.5 Å². The highest BCUT2D eigenvalue weighted by molar-refractivity contribution is 5.46. The van der Waals surface area contributed by atoms with Crippen molar-refractivity contribution < 1.29 is 0 Å². The average molecular weight is 232 g/mol. The van der Waals surface area contributed by atoms with Crippen LogP contribution in [0.25, 0.3) is 0 Å². The molecule has 1 aromatic rings. The Hall–Kier alpha value is -1.02. The summed E-state index contributed by atoms with van der Waals surface area (Å²) in [5, 5.41) is 0. The second-order valence-electron chi connectivity index (χ2n) is 5.36. The number of nitrogens with two attached hydrogens (primary N) is 1. The molecule has 1 aliphatic carbocycles. The molecule has 17 heavy (non-hydrogen) atoms. The third-order valence-corrected chi connectivity index (χ3v) is 4.01. The molecule has 1 aromatic carbocycles. The fraction of sp³-hybridized carbons (Fsp3) is 0.600. The Labute approximate surface area is 105 Å². The summed E-state index contributed by atoms with van der Waals surface area (Å²) in [5.41, 5.74) is 8.17. The van der Waals surface area contributed by atoms with Crippen molar-refractivity contribution in [2.24, 2.45) is 5.92 Å². The lowest BCUT2D eigenvalue weighted by molar-refractivity contribution is 0.232. The maximum atomic E-state index is 5.94. The predicted octanol–water partition coefficient (Wildman–Crippen LogP) is 2.93. The van der Waals surface area contributed by atoms with Crippen molar-refractivity contribution in [2.45, 2.75) is 38.6 Å². The van der Waals surface area contributed by atoms with Crippen molar-refractivity contribution in [1.29, 1.82) is 0 Å². The molecule has 1 fully saturated rings. The van der Waals surface area contributed by atoms with Gasteiger partial charge in [-0.25, -0.2) is 0 Å². The average Bonchev–Trinajstić information content (AvgIpc) is 3.14. The molecule has 2 nitrogen and oxygen atoms in total. The lowest BCUT2D eigenvalue weighted by atomic mass is 10.1. The minimum atomic E-state index is 0.753. The summed E-state index contributed by atoms with van der Waals surface area (Å²) in [7, 11) is 2.25. The molecule has 0 aromatic heterocycles. The van der Waals surface area contributed by atoms with E-state index in [1.807, 2.05) is 12.1 Å². The largest absolute Gasteiger partial charge is 0.399 e. The van der Waals surface area contributed by atoms with E-state index < -0.39 is 0 Å². The molecular formula is C15H24N2. The van der Waals surface area contributed by atoms with E-state index in [1.54, 1.807) is 0 Å². The van der Waals surface area contributed by atoms with Gasteiger partial charge in [-0.2, -0.15) is 0 Å². The van der Waals surface area contributed by atoms with Crippen LogP contribution in [0.4, 0.5) is 5.69 Å². The summed E-state index contributed by atoms with van der Waals surface area (Å²) in [6, 6.07) is 8.96. The van der Waals surface area contributed by atoms with Crippen LogP contribution in [0.1, 0.15) is 31.7 Å². The molecule has 0 aliphatic heterocycles. The second kappa shape index (κ2) is 5.54. The zero-order valence-corrected chi connectivity index (χ0v) is 11.0. The summed E-state index contributed by atoms with van der Waals surface area (Å²) < 4.78 is 0. The molecular weight excluding hydrogens is 208 g/mol. The van der Waals surface area contributed by atoms with E-state index >= 15 is 0 Å². The number of hydrogen-bond donors (Lipinski definition) is 1. The van der Waals surface area contributed by atoms with Crippen molar-refractivity contribution in [3.8, 4) is 0 Å². The molecule has 1 aliphatic rings. The minimum absolute atomic E-state index is 0.753. The maximum Gasteiger partial charge on any atom is 0.0346 e. The summed E-state index contributed by atoms with van der Waals surface area (Å²) in [5.74, 6) is 0.960. The molecule has 0 spiro atoms. The molecule has 94 valence electrons. The summed E-state index contributed by atoms with van der Waals surface area (Å²) >= 11 is 0. The van der Waals surface area contributed by atoms with Crippen LogP contribution in [0.5, 0.6) is 0 Å². The first-order valence-electron chi connectivity index (χ1n) is 6.72. The normalized spacial score (nSPS) is 17.4. The zero-order chi connectivity index (χ0) is 12.3. The third kappa shape index (κ3) is 3.47. The van der Waals surface area contributed by atoms with Gasteiger partial charge in [0.05, 0.1) is 0 Å². The Kier molecular flexibility index (Phi) is 4.06. The maximum absolute atomic E-state index is 5.94. The van der Waals surface area contributed by atoms with Crippen molar-refractivity contribution in [2.75, 3.05) is 19.3 Å². The number of nitrogen functional groups attached to an aromatic ring is 1. The SMILES string of the molecule is CC(C1CC1)N(C)CCCc1ccccc1N. The van der Waals surface area contributed by atoms with Gasteiger partial charge in [-0.1, -0.05) is 18.2 Å². The van der Waals surface area contributed by atoms with Crippen LogP contribution >= 0.6 is 0 Å². The fourth-order valence-corrected chi connectivity index (χ4v) is 2.42. The quantitative estimate of drug-likeness (QED) is 0.764. The van der Waals surface area contributed by atoms with Crippen LogP contribution in [0, 0.1) is 5.92 Å². The predicted molar refractivity (Wildman–Crippen MR) is 74.0 cm³/mol. The smallest absolute Gasteiger partial charge is 0.0346 e.